The van der Waals surface area contributed by atoms with Crippen molar-refractivity contribution in [1.82, 2.24) is 10.4 Å². The average Bonchev–Trinajstić information content (AvgIpc) is 3.13. The number of ether oxygens (including phenoxy) is 1. The molecule has 0 unspecified atom stereocenters. The van der Waals surface area contributed by atoms with Gasteiger partial charge < -0.3 is 10.1 Å². The fraction of sp³-hybridized carbons (Fsp3) is 0.250. The molecule has 3 heterocycles. The van der Waals surface area contributed by atoms with E-state index in [2.05, 4.69) is 34.7 Å². The molecule has 0 radical (unpaired) electrons. The Morgan fingerprint density at radius 2 is 2.18 bits per heavy atom. The predicted molar refractivity (Wildman–Crippen MR) is 113 cm³/mol. The number of pyridine rings is 1. The molecule has 6 nitrogen and oxygen atoms in total. The molecule has 3 aromatic rings. The SMILES string of the molecule is CCOc1ccc2c(c1)-c1c(ssc1=NNC(=O)c1cccnc1)C(C)(C)N2. The number of hydrogen-bond acceptors (Lipinski definition) is 7. The molecule has 0 atom stereocenters. The smallest absolute Gasteiger partial charge is 0.272 e. The van der Waals surface area contributed by atoms with Crippen LogP contribution in [0.3, 0.4) is 0 Å². The number of carbonyl (C=O) groups is 1. The lowest BCUT2D eigenvalue weighted by Gasteiger charge is -2.33. The summed E-state index contributed by atoms with van der Waals surface area (Å²) in [5.41, 5.74) is 6.02. The number of carbonyl (C=O) groups excluding carboxylic acids is 1. The molecule has 28 heavy (non-hydrogen) atoms. The van der Waals surface area contributed by atoms with Crippen molar-refractivity contribution in [1.29, 1.82) is 0 Å². The number of aromatic nitrogens is 1. The quantitative estimate of drug-likeness (QED) is 0.498. The van der Waals surface area contributed by atoms with E-state index in [0.29, 0.717) is 12.2 Å². The van der Waals surface area contributed by atoms with Crippen LogP contribution in [0.5, 0.6) is 5.75 Å². The molecule has 4 rings (SSSR count). The third-order valence-corrected chi connectivity index (χ3v) is 7.06. The van der Waals surface area contributed by atoms with Crippen molar-refractivity contribution in [2.75, 3.05) is 11.9 Å². The monoisotopic (exact) mass is 412 g/mol. The largest absolute Gasteiger partial charge is 0.494 e. The van der Waals surface area contributed by atoms with Gasteiger partial charge in [-0.05, 0) is 51.1 Å². The van der Waals surface area contributed by atoms with Crippen molar-refractivity contribution in [2.45, 2.75) is 26.3 Å². The summed E-state index contributed by atoms with van der Waals surface area (Å²) in [6.07, 6.45) is 3.15. The minimum Gasteiger partial charge on any atom is -0.494 e. The van der Waals surface area contributed by atoms with Gasteiger partial charge in [-0.3, -0.25) is 9.78 Å². The molecule has 0 fully saturated rings. The summed E-state index contributed by atoms with van der Waals surface area (Å²) in [6.45, 7) is 6.86. The van der Waals surface area contributed by atoms with E-state index in [9.17, 15) is 4.79 Å². The molecule has 0 spiro atoms. The normalized spacial score (nSPS) is 14.6. The number of hydrogen-bond donors (Lipinski definition) is 2. The molecule has 1 aliphatic rings. The van der Waals surface area contributed by atoms with Crippen LogP contribution in [0.15, 0.2) is 47.8 Å². The fourth-order valence-corrected chi connectivity index (χ4v) is 6.02. The second-order valence-corrected chi connectivity index (χ2v) is 8.99. The Hall–Kier alpha value is -2.71. The van der Waals surface area contributed by atoms with E-state index in [1.807, 2.05) is 25.1 Å². The number of amides is 1. The molecule has 2 aromatic heterocycles. The molecule has 1 amide bonds. The van der Waals surface area contributed by atoms with Gasteiger partial charge in [0, 0.05) is 29.2 Å². The van der Waals surface area contributed by atoms with Gasteiger partial charge in [-0.1, -0.05) is 20.7 Å². The van der Waals surface area contributed by atoms with Crippen LogP contribution in [-0.2, 0) is 5.54 Å². The van der Waals surface area contributed by atoms with Crippen LogP contribution in [0, 0.1) is 0 Å². The Balaban J connectivity index is 1.77. The molecule has 144 valence electrons. The second kappa shape index (κ2) is 7.37. The minimum atomic E-state index is -0.281. The van der Waals surface area contributed by atoms with Crippen molar-refractivity contribution in [2.24, 2.45) is 5.10 Å². The zero-order chi connectivity index (χ0) is 19.7. The van der Waals surface area contributed by atoms with E-state index in [0.717, 1.165) is 27.2 Å². The van der Waals surface area contributed by atoms with Gasteiger partial charge in [-0.25, -0.2) is 5.43 Å². The van der Waals surface area contributed by atoms with E-state index in [1.165, 1.54) is 11.1 Å². The molecule has 0 aliphatic carbocycles. The molecular formula is C20H20N4O2S2. The topological polar surface area (TPSA) is 75.6 Å². The number of benzene rings is 1. The molecule has 1 aliphatic heterocycles. The van der Waals surface area contributed by atoms with Gasteiger partial charge in [-0.15, -0.1) is 0 Å². The predicted octanol–water partition coefficient (Wildman–Crippen LogP) is 4.18. The standard InChI is InChI=1S/C20H20N4O2S2/c1-4-26-13-7-8-15-14(10-13)16-17(20(2,3)22-15)27-28-19(16)24-23-18(25)12-6-5-9-21-11-12/h5-11,22H,4H2,1-3H3,(H,23,25). The first-order valence-electron chi connectivity index (χ1n) is 8.92. The molecule has 0 saturated heterocycles. The Morgan fingerprint density at radius 3 is 2.93 bits per heavy atom. The maximum atomic E-state index is 12.4. The molecule has 8 heteroatoms. The van der Waals surface area contributed by atoms with E-state index < -0.39 is 0 Å². The highest BCUT2D eigenvalue weighted by atomic mass is 32.9. The van der Waals surface area contributed by atoms with Gasteiger partial charge in [0.15, 0.2) is 4.67 Å². The second-order valence-electron chi connectivity index (χ2n) is 6.86. The maximum absolute atomic E-state index is 12.4. The number of fused-ring (bicyclic) bond motifs is 3. The van der Waals surface area contributed by atoms with E-state index in [-0.39, 0.29) is 11.4 Å². The van der Waals surface area contributed by atoms with Gasteiger partial charge in [0.1, 0.15) is 5.75 Å². The van der Waals surface area contributed by atoms with Gasteiger partial charge >= 0.3 is 0 Å². The first-order valence-corrected chi connectivity index (χ1v) is 11.1. The number of nitrogens with one attached hydrogen (secondary N) is 2. The summed E-state index contributed by atoms with van der Waals surface area (Å²) in [6, 6.07) is 9.46. The maximum Gasteiger partial charge on any atom is 0.272 e. The molecule has 1 aromatic carbocycles. The van der Waals surface area contributed by atoms with Gasteiger partial charge in [0.25, 0.3) is 5.91 Å². The highest BCUT2D eigenvalue weighted by molar-refractivity contribution is 7.68. The van der Waals surface area contributed by atoms with Crippen molar-refractivity contribution in [3.8, 4) is 16.9 Å². The molecular weight excluding hydrogens is 392 g/mol. The zero-order valence-corrected chi connectivity index (χ0v) is 17.4. The van der Waals surface area contributed by atoms with E-state index in [4.69, 9.17) is 4.74 Å². The lowest BCUT2D eigenvalue weighted by Crippen LogP contribution is -2.32. The summed E-state index contributed by atoms with van der Waals surface area (Å²) in [5, 5.41) is 8.02. The zero-order valence-electron chi connectivity index (χ0n) is 15.8. The Bertz CT molecular complexity index is 1090. The minimum absolute atomic E-state index is 0.224. The Kier molecular flexibility index (Phi) is 4.91. The Labute approximate surface area is 170 Å². The molecule has 0 bridgehead atoms. The van der Waals surface area contributed by atoms with Crippen LogP contribution in [-0.4, -0.2) is 17.5 Å². The third-order valence-electron chi connectivity index (χ3n) is 4.41. The van der Waals surface area contributed by atoms with Crippen molar-refractivity contribution in [3.63, 3.8) is 0 Å². The summed E-state index contributed by atoms with van der Waals surface area (Å²) in [4.78, 5) is 17.5. The molecule has 2 N–H and O–H groups in total. The summed E-state index contributed by atoms with van der Waals surface area (Å²) >= 11 is 0. The highest BCUT2D eigenvalue weighted by Gasteiger charge is 2.33. The van der Waals surface area contributed by atoms with Gasteiger partial charge in [0.2, 0.25) is 0 Å². The third kappa shape index (κ3) is 3.41. The van der Waals surface area contributed by atoms with Crippen LogP contribution in [0.25, 0.3) is 11.1 Å². The van der Waals surface area contributed by atoms with E-state index >= 15 is 0 Å². The van der Waals surface area contributed by atoms with Crippen LogP contribution in [0.4, 0.5) is 5.69 Å². The first kappa shape index (κ1) is 18.6. The first-order chi connectivity index (χ1) is 13.5. The summed E-state index contributed by atoms with van der Waals surface area (Å²) in [7, 11) is 3.22. The van der Waals surface area contributed by atoms with Crippen molar-refractivity contribution >= 4 is 32.3 Å². The van der Waals surface area contributed by atoms with Crippen LogP contribution < -0.4 is 20.2 Å². The van der Waals surface area contributed by atoms with Crippen LogP contribution in [0.2, 0.25) is 0 Å². The van der Waals surface area contributed by atoms with E-state index in [1.54, 1.807) is 39.0 Å². The molecule has 0 saturated carbocycles. The van der Waals surface area contributed by atoms with Crippen molar-refractivity contribution < 1.29 is 9.53 Å². The highest BCUT2D eigenvalue weighted by Crippen LogP contribution is 2.46. The fourth-order valence-electron chi connectivity index (χ4n) is 3.14. The average molecular weight is 413 g/mol. The number of nitrogens with zero attached hydrogens (tertiary/aromatic N) is 2. The van der Waals surface area contributed by atoms with Crippen molar-refractivity contribution in [3.05, 3.63) is 57.8 Å². The number of anilines is 1. The van der Waals surface area contributed by atoms with Crippen LogP contribution >= 0.6 is 20.7 Å². The lowest BCUT2D eigenvalue weighted by atomic mass is 9.90. The number of rotatable bonds is 4. The van der Waals surface area contributed by atoms with Gasteiger partial charge in [-0.2, -0.15) is 5.10 Å². The van der Waals surface area contributed by atoms with Gasteiger partial charge in [0.05, 0.1) is 22.6 Å². The van der Waals surface area contributed by atoms with Crippen LogP contribution in [0.1, 0.15) is 36.0 Å². The summed E-state index contributed by atoms with van der Waals surface area (Å²) in [5.74, 6) is 0.534. The Morgan fingerprint density at radius 1 is 1.32 bits per heavy atom. The lowest BCUT2D eigenvalue weighted by molar-refractivity contribution is 0.0953. The summed E-state index contributed by atoms with van der Waals surface area (Å²) < 4.78 is 6.46.